The van der Waals surface area contributed by atoms with Crippen molar-refractivity contribution in [2.45, 2.75) is 13.8 Å². The largest absolute Gasteiger partial charge is 0.436 e. The van der Waals surface area contributed by atoms with Crippen LogP contribution in [0.1, 0.15) is 11.1 Å². The Balaban J connectivity index is 0.00000144. The first-order valence-corrected chi connectivity index (χ1v) is 5.10. The van der Waals surface area contributed by atoms with E-state index in [0.29, 0.717) is 11.6 Å². The van der Waals surface area contributed by atoms with Crippen molar-refractivity contribution in [2.75, 3.05) is 5.73 Å². The van der Waals surface area contributed by atoms with Crippen molar-refractivity contribution in [1.29, 1.82) is 0 Å². The molecule has 2 N–H and O–H groups in total. The van der Waals surface area contributed by atoms with E-state index in [1.54, 1.807) is 10.9 Å². The van der Waals surface area contributed by atoms with Gasteiger partial charge in [0.2, 0.25) is 0 Å². The van der Waals surface area contributed by atoms with Gasteiger partial charge in [0.05, 0.1) is 6.20 Å². The quantitative estimate of drug-likeness (QED) is 0.895. The summed E-state index contributed by atoms with van der Waals surface area (Å²) in [5.74, 6) is 1.25. The lowest BCUT2D eigenvalue weighted by Gasteiger charge is -2.07. The SMILES string of the molecule is Cc1ccc(C)c(Oc2nn(C)cc2N)c1.Cl. The molecular formula is C12H16ClN3O. The van der Waals surface area contributed by atoms with Gasteiger partial charge in [0.1, 0.15) is 11.4 Å². The van der Waals surface area contributed by atoms with E-state index in [4.69, 9.17) is 10.5 Å². The second-order valence-electron chi connectivity index (χ2n) is 3.93. The second kappa shape index (κ2) is 5.10. The van der Waals surface area contributed by atoms with Crippen LogP contribution in [-0.4, -0.2) is 9.78 Å². The summed E-state index contributed by atoms with van der Waals surface area (Å²) >= 11 is 0. The van der Waals surface area contributed by atoms with Crippen molar-refractivity contribution in [2.24, 2.45) is 7.05 Å². The summed E-state index contributed by atoms with van der Waals surface area (Å²) in [4.78, 5) is 0. The number of anilines is 1. The van der Waals surface area contributed by atoms with E-state index in [-0.39, 0.29) is 12.4 Å². The summed E-state index contributed by atoms with van der Waals surface area (Å²) in [5.41, 5.74) is 8.53. The molecule has 0 aliphatic rings. The summed E-state index contributed by atoms with van der Waals surface area (Å²) in [7, 11) is 1.81. The monoisotopic (exact) mass is 253 g/mol. The van der Waals surface area contributed by atoms with E-state index in [9.17, 15) is 0 Å². The molecule has 2 aromatic rings. The molecule has 0 radical (unpaired) electrons. The summed E-state index contributed by atoms with van der Waals surface area (Å²) in [6.07, 6.45) is 1.72. The zero-order valence-electron chi connectivity index (χ0n) is 10.1. The van der Waals surface area contributed by atoms with Crippen molar-refractivity contribution in [3.05, 3.63) is 35.5 Å². The Morgan fingerprint density at radius 2 is 2.00 bits per heavy atom. The molecule has 2 rings (SSSR count). The third kappa shape index (κ3) is 2.91. The highest BCUT2D eigenvalue weighted by Gasteiger charge is 2.08. The molecule has 4 nitrogen and oxygen atoms in total. The van der Waals surface area contributed by atoms with Gasteiger partial charge in [0.15, 0.2) is 0 Å². The summed E-state index contributed by atoms with van der Waals surface area (Å²) in [6, 6.07) is 6.04. The number of benzene rings is 1. The van der Waals surface area contributed by atoms with E-state index in [2.05, 4.69) is 5.10 Å². The van der Waals surface area contributed by atoms with Crippen LogP contribution in [0.3, 0.4) is 0 Å². The summed E-state index contributed by atoms with van der Waals surface area (Å²) in [5, 5.41) is 4.15. The molecule has 17 heavy (non-hydrogen) atoms. The molecule has 92 valence electrons. The Morgan fingerprint density at radius 1 is 1.29 bits per heavy atom. The van der Waals surface area contributed by atoms with Gasteiger partial charge in [-0.3, -0.25) is 4.68 Å². The van der Waals surface area contributed by atoms with Gasteiger partial charge in [-0.15, -0.1) is 17.5 Å². The predicted molar refractivity (Wildman–Crippen MR) is 70.9 cm³/mol. The van der Waals surface area contributed by atoms with Crippen molar-refractivity contribution in [3.63, 3.8) is 0 Å². The van der Waals surface area contributed by atoms with Crippen LogP contribution in [-0.2, 0) is 7.05 Å². The normalized spacial score (nSPS) is 9.82. The molecule has 0 amide bonds. The van der Waals surface area contributed by atoms with Crippen LogP contribution >= 0.6 is 12.4 Å². The zero-order valence-corrected chi connectivity index (χ0v) is 10.9. The number of rotatable bonds is 2. The zero-order chi connectivity index (χ0) is 11.7. The van der Waals surface area contributed by atoms with E-state index < -0.39 is 0 Å². The highest BCUT2D eigenvalue weighted by atomic mass is 35.5. The van der Waals surface area contributed by atoms with Crippen molar-refractivity contribution < 1.29 is 4.74 Å². The molecular weight excluding hydrogens is 238 g/mol. The maximum Gasteiger partial charge on any atom is 0.261 e. The fourth-order valence-electron chi connectivity index (χ4n) is 1.49. The van der Waals surface area contributed by atoms with Crippen LogP contribution in [0.2, 0.25) is 0 Å². The number of ether oxygens (including phenoxy) is 1. The molecule has 0 bridgehead atoms. The highest BCUT2D eigenvalue weighted by Crippen LogP contribution is 2.28. The van der Waals surface area contributed by atoms with E-state index >= 15 is 0 Å². The Kier molecular flexibility index (Phi) is 4.02. The molecule has 0 spiro atoms. The molecule has 1 aromatic carbocycles. The van der Waals surface area contributed by atoms with Crippen LogP contribution in [0.5, 0.6) is 11.6 Å². The van der Waals surface area contributed by atoms with Crippen molar-refractivity contribution in [3.8, 4) is 11.6 Å². The fourth-order valence-corrected chi connectivity index (χ4v) is 1.49. The van der Waals surface area contributed by atoms with Crippen LogP contribution in [0.4, 0.5) is 5.69 Å². The molecule has 1 heterocycles. The number of nitrogen functional groups attached to an aromatic ring is 1. The fraction of sp³-hybridized carbons (Fsp3) is 0.250. The molecule has 0 atom stereocenters. The number of nitrogens with zero attached hydrogens (tertiary/aromatic N) is 2. The van der Waals surface area contributed by atoms with Gasteiger partial charge in [-0.05, 0) is 31.0 Å². The van der Waals surface area contributed by atoms with Crippen molar-refractivity contribution in [1.82, 2.24) is 9.78 Å². The lowest BCUT2D eigenvalue weighted by Crippen LogP contribution is -1.93. The number of halogens is 1. The third-order valence-corrected chi connectivity index (χ3v) is 2.37. The Labute approximate surface area is 107 Å². The summed E-state index contributed by atoms with van der Waals surface area (Å²) < 4.78 is 7.32. The molecule has 0 fully saturated rings. The van der Waals surface area contributed by atoms with Gasteiger partial charge < -0.3 is 10.5 Å². The Morgan fingerprint density at radius 3 is 2.59 bits per heavy atom. The molecule has 0 aliphatic carbocycles. The smallest absolute Gasteiger partial charge is 0.261 e. The molecule has 0 aliphatic heterocycles. The molecule has 0 saturated heterocycles. The van der Waals surface area contributed by atoms with Gasteiger partial charge in [0.25, 0.3) is 5.88 Å². The van der Waals surface area contributed by atoms with Gasteiger partial charge in [-0.1, -0.05) is 12.1 Å². The minimum Gasteiger partial charge on any atom is -0.436 e. The number of hydrogen-bond acceptors (Lipinski definition) is 3. The minimum absolute atomic E-state index is 0. The molecule has 0 saturated carbocycles. The van der Waals surface area contributed by atoms with Crippen LogP contribution in [0.15, 0.2) is 24.4 Å². The van der Waals surface area contributed by atoms with E-state index in [1.165, 1.54) is 0 Å². The average molecular weight is 254 g/mol. The Hall–Kier alpha value is -1.68. The van der Waals surface area contributed by atoms with Gasteiger partial charge in [0, 0.05) is 7.05 Å². The van der Waals surface area contributed by atoms with Crippen molar-refractivity contribution >= 4 is 18.1 Å². The van der Waals surface area contributed by atoms with Crippen LogP contribution in [0.25, 0.3) is 0 Å². The standard InChI is InChI=1S/C12H15N3O.ClH/c1-8-4-5-9(2)11(6-8)16-12-10(13)7-15(3)14-12;/h4-7H,13H2,1-3H3;1H. The highest BCUT2D eigenvalue weighted by molar-refractivity contribution is 5.85. The lowest BCUT2D eigenvalue weighted by molar-refractivity contribution is 0.452. The average Bonchev–Trinajstić information content (AvgIpc) is 2.51. The van der Waals surface area contributed by atoms with E-state index in [1.807, 2.05) is 39.1 Å². The topological polar surface area (TPSA) is 53.1 Å². The molecule has 0 unspecified atom stereocenters. The second-order valence-corrected chi connectivity index (χ2v) is 3.93. The number of aryl methyl sites for hydroxylation is 3. The number of aromatic nitrogens is 2. The molecule has 5 heteroatoms. The first-order valence-electron chi connectivity index (χ1n) is 5.10. The maximum atomic E-state index is 5.77. The maximum absolute atomic E-state index is 5.77. The number of hydrogen-bond donors (Lipinski definition) is 1. The first kappa shape index (κ1) is 13.4. The molecule has 1 aromatic heterocycles. The van der Waals surface area contributed by atoms with Crippen LogP contribution in [0, 0.1) is 13.8 Å². The third-order valence-electron chi connectivity index (χ3n) is 2.37. The van der Waals surface area contributed by atoms with E-state index in [0.717, 1.165) is 16.9 Å². The minimum atomic E-state index is 0. The number of nitrogens with two attached hydrogens (primary N) is 1. The van der Waals surface area contributed by atoms with Gasteiger partial charge in [-0.2, -0.15) is 0 Å². The lowest BCUT2D eigenvalue weighted by atomic mass is 10.1. The van der Waals surface area contributed by atoms with Gasteiger partial charge in [-0.25, -0.2) is 0 Å². The predicted octanol–water partition coefficient (Wildman–Crippen LogP) is 2.83. The Bertz CT molecular complexity index is 522. The van der Waals surface area contributed by atoms with Crippen LogP contribution < -0.4 is 10.5 Å². The summed E-state index contributed by atoms with van der Waals surface area (Å²) in [6.45, 7) is 4.02. The van der Waals surface area contributed by atoms with Gasteiger partial charge >= 0.3 is 0 Å². The first-order chi connectivity index (χ1) is 7.56.